The van der Waals surface area contributed by atoms with Crippen LogP contribution in [0.4, 0.5) is 0 Å². The molecule has 0 aliphatic rings. The quantitative estimate of drug-likeness (QED) is 0.299. The van der Waals surface area contributed by atoms with Gasteiger partial charge in [0.1, 0.15) is 0 Å². The number of hydrogen-bond acceptors (Lipinski definition) is 2. The van der Waals surface area contributed by atoms with Crippen molar-refractivity contribution in [1.82, 2.24) is 0 Å². The van der Waals surface area contributed by atoms with E-state index in [-0.39, 0.29) is 0 Å². The lowest BCUT2D eigenvalue weighted by Crippen LogP contribution is -2.39. The van der Waals surface area contributed by atoms with Crippen LogP contribution in [0.2, 0.25) is 0 Å². The number of benzene rings is 2. The van der Waals surface area contributed by atoms with Crippen molar-refractivity contribution in [2.45, 2.75) is 71.0 Å². The molecule has 0 saturated heterocycles. The highest BCUT2D eigenvalue weighted by Crippen LogP contribution is 2.42. The van der Waals surface area contributed by atoms with E-state index in [4.69, 9.17) is 9.47 Å². The van der Waals surface area contributed by atoms with Crippen molar-refractivity contribution in [3.8, 4) is 0 Å². The minimum atomic E-state index is -0.682. The van der Waals surface area contributed by atoms with Gasteiger partial charge in [-0.3, -0.25) is 0 Å². The van der Waals surface area contributed by atoms with Gasteiger partial charge in [0.05, 0.1) is 0 Å². The molecule has 0 N–H and O–H groups in total. The first kappa shape index (κ1) is 20.9. The van der Waals surface area contributed by atoms with Gasteiger partial charge in [-0.05, 0) is 23.6 Å². The zero-order chi connectivity index (χ0) is 18.8. The lowest BCUT2D eigenvalue weighted by molar-refractivity contribution is -0.251. The third kappa shape index (κ3) is 4.66. The summed E-state index contributed by atoms with van der Waals surface area (Å²) in [6, 6.07) is 14.9. The van der Waals surface area contributed by atoms with Gasteiger partial charge in [-0.2, -0.15) is 0 Å². The van der Waals surface area contributed by atoms with Gasteiger partial charge in [0.25, 0.3) is 0 Å². The molecule has 26 heavy (non-hydrogen) atoms. The van der Waals surface area contributed by atoms with Gasteiger partial charge in [-0.1, -0.05) is 94.8 Å². The van der Waals surface area contributed by atoms with E-state index in [0.29, 0.717) is 5.92 Å². The van der Waals surface area contributed by atoms with Gasteiger partial charge < -0.3 is 9.47 Å². The average molecular weight is 357 g/mol. The molecule has 1 unspecified atom stereocenters. The van der Waals surface area contributed by atoms with Gasteiger partial charge in [0.15, 0.2) is 5.79 Å². The molecular formula is C24H36O2. The van der Waals surface area contributed by atoms with E-state index in [1.54, 1.807) is 14.2 Å². The molecule has 1 atom stereocenters. The maximum absolute atomic E-state index is 6.11. The van der Waals surface area contributed by atoms with Crippen LogP contribution in [-0.4, -0.2) is 14.2 Å². The molecule has 2 rings (SSSR count). The van der Waals surface area contributed by atoms with Crippen LogP contribution >= 0.6 is 0 Å². The standard InChI is InChI=1S/C24H36O2/c1-5-7-8-9-10-11-17-21(6-2)24(25-3,26-4)23-19-14-16-20-15-12-13-18-22(20)23/h12-16,18-19,21H,5-11,17H2,1-4H3. The third-order valence-electron chi connectivity index (χ3n) is 5.71. The molecule has 0 aliphatic heterocycles. The van der Waals surface area contributed by atoms with E-state index in [1.807, 2.05) is 0 Å². The Morgan fingerprint density at radius 3 is 2.15 bits per heavy atom. The molecular weight excluding hydrogens is 320 g/mol. The van der Waals surface area contributed by atoms with Crippen molar-refractivity contribution in [2.24, 2.45) is 5.92 Å². The van der Waals surface area contributed by atoms with Crippen molar-refractivity contribution < 1.29 is 9.47 Å². The van der Waals surface area contributed by atoms with Gasteiger partial charge in [-0.15, -0.1) is 0 Å². The van der Waals surface area contributed by atoms with Gasteiger partial charge in [-0.25, -0.2) is 0 Å². The van der Waals surface area contributed by atoms with Crippen molar-refractivity contribution in [2.75, 3.05) is 14.2 Å². The van der Waals surface area contributed by atoms with Gasteiger partial charge in [0, 0.05) is 25.7 Å². The maximum atomic E-state index is 6.11. The summed E-state index contributed by atoms with van der Waals surface area (Å²) in [6.07, 6.45) is 10.1. The first-order valence-electron chi connectivity index (χ1n) is 10.3. The smallest absolute Gasteiger partial charge is 0.197 e. The second-order valence-corrected chi connectivity index (χ2v) is 7.26. The van der Waals surface area contributed by atoms with E-state index < -0.39 is 5.79 Å². The molecule has 0 radical (unpaired) electrons. The number of unbranched alkanes of at least 4 members (excludes halogenated alkanes) is 5. The highest BCUT2D eigenvalue weighted by atomic mass is 16.7. The largest absolute Gasteiger partial charge is 0.349 e. The predicted octanol–water partition coefficient (Wildman–Crippen LogP) is 7.06. The Hall–Kier alpha value is -1.38. The molecule has 0 bridgehead atoms. The van der Waals surface area contributed by atoms with Crippen LogP contribution in [0.1, 0.15) is 70.8 Å². The summed E-state index contributed by atoms with van der Waals surface area (Å²) in [5.41, 5.74) is 1.15. The summed E-state index contributed by atoms with van der Waals surface area (Å²) in [6.45, 7) is 4.52. The summed E-state index contributed by atoms with van der Waals surface area (Å²) in [4.78, 5) is 0. The zero-order valence-electron chi connectivity index (χ0n) is 17.1. The Kier molecular flexibility index (Phi) is 8.61. The number of ether oxygens (including phenoxy) is 2. The van der Waals surface area contributed by atoms with Gasteiger partial charge >= 0.3 is 0 Å². The number of fused-ring (bicyclic) bond motifs is 1. The molecule has 2 heteroatoms. The van der Waals surface area contributed by atoms with Crippen molar-refractivity contribution in [3.63, 3.8) is 0 Å². The molecule has 0 aliphatic carbocycles. The summed E-state index contributed by atoms with van der Waals surface area (Å²) >= 11 is 0. The van der Waals surface area contributed by atoms with Crippen LogP contribution < -0.4 is 0 Å². The summed E-state index contributed by atoms with van der Waals surface area (Å²) < 4.78 is 12.2. The van der Waals surface area contributed by atoms with Crippen molar-refractivity contribution in [1.29, 1.82) is 0 Å². The molecule has 2 nitrogen and oxygen atoms in total. The van der Waals surface area contributed by atoms with Crippen molar-refractivity contribution >= 4 is 10.8 Å². The fourth-order valence-electron chi connectivity index (χ4n) is 4.22. The highest BCUT2D eigenvalue weighted by Gasteiger charge is 2.40. The molecule has 0 amide bonds. The van der Waals surface area contributed by atoms with E-state index >= 15 is 0 Å². The summed E-state index contributed by atoms with van der Waals surface area (Å²) in [7, 11) is 3.57. The molecule has 0 spiro atoms. The van der Waals surface area contributed by atoms with Crippen LogP contribution in [0, 0.1) is 5.92 Å². The lowest BCUT2D eigenvalue weighted by Gasteiger charge is -2.39. The lowest BCUT2D eigenvalue weighted by atomic mass is 9.83. The summed E-state index contributed by atoms with van der Waals surface area (Å²) in [5.74, 6) is -0.339. The van der Waals surface area contributed by atoms with Crippen LogP contribution in [0.25, 0.3) is 10.8 Å². The topological polar surface area (TPSA) is 18.5 Å². The SMILES string of the molecule is CCCCCCCCC(CC)C(OC)(OC)c1cccc2ccccc12. The second-order valence-electron chi connectivity index (χ2n) is 7.26. The number of rotatable bonds is 12. The Bertz CT molecular complexity index is 640. The molecule has 144 valence electrons. The van der Waals surface area contributed by atoms with Crippen LogP contribution in [-0.2, 0) is 15.3 Å². The van der Waals surface area contributed by atoms with Crippen LogP contribution in [0.5, 0.6) is 0 Å². The van der Waals surface area contributed by atoms with E-state index in [0.717, 1.165) is 18.4 Å². The minimum Gasteiger partial charge on any atom is -0.349 e. The predicted molar refractivity (Wildman–Crippen MR) is 111 cm³/mol. The molecule has 2 aromatic carbocycles. The van der Waals surface area contributed by atoms with Crippen LogP contribution in [0.3, 0.4) is 0 Å². The normalized spacial score (nSPS) is 13.2. The summed E-state index contributed by atoms with van der Waals surface area (Å²) in [5, 5.41) is 2.46. The molecule has 0 aromatic heterocycles. The van der Waals surface area contributed by atoms with E-state index in [2.05, 4.69) is 56.3 Å². The fraction of sp³-hybridized carbons (Fsp3) is 0.583. The molecule has 0 heterocycles. The average Bonchev–Trinajstić information content (AvgIpc) is 2.70. The highest BCUT2D eigenvalue weighted by molar-refractivity contribution is 5.86. The Labute approximate surface area is 159 Å². The molecule has 0 saturated carbocycles. The Morgan fingerprint density at radius 1 is 0.808 bits per heavy atom. The molecule has 2 aromatic rings. The number of hydrogen-bond donors (Lipinski definition) is 0. The Morgan fingerprint density at radius 2 is 1.46 bits per heavy atom. The fourth-order valence-corrected chi connectivity index (χ4v) is 4.22. The number of methoxy groups -OCH3 is 2. The second kappa shape index (κ2) is 10.7. The monoisotopic (exact) mass is 356 g/mol. The van der Waals surface area contributed by atoms with Crippen LogP contribution in [0.15, 0.2) is 42.5 Å². The first-order valence-corrected chi connectivity index (χ1v) is 10.3. The van der Waals surface area contributed by atoms with E-state index in [1.165, 1.54) is 49.3 Å². The van der Waals surface area contributed by atoms with Gasteiger partial charge in [0.2, 0.25) is 0 Å². The van der Waals surface area contributed by atoms with E-state index in [9.17, 15) is 0 Å². The maximum Gasteiger partial charge on any atom is 0.197 e. The third-order valence-corrected chi connectivity index (χ3v) is 5.71. The van der Waals surface area contributed by atoms with Crippen molar-refractivity contribution in [3.05, 3.63) is 48.0 Å². The Balaban J connectivity index is 2.23. The first-order chi connectivity index (χ1) is 12.7. The minimum absolute atomic E-state index is 0.342. The zero-order valence-corrected chi connectivity index (χ0v) is 17.1. The molecule has 0 fully saturated rings.